The van der Waals surface area contributed by atoms with E-state index < -0.39 is 16.5 Å². The van der Waals surface area contributed by atoms with E-state index in [-0.39, 0.29) is 36.7 Å². The minimum atomic E-state index is -3.20. The Morgan fingerprint density at radius 1 is 1.32 bits per heavy atom. The van der Waals surface area contributed by atoms with Crippen LogP contribution in [0.15, 0.2) is 11.6 Å². The predicted molar refractivity (Wildman–Crippen MR) is 114 cm³/mol. The highest BCUT2D eigenvalue weighted by Crippen LogP contribution is 2.42. The van der Waals surface area contributed by atoms with Gasteiger partial charge < -0.3 is 19.5 Å². The lowest BCUT2D eigenvalue weighted by atomic mass is 9.93. The van der Waals surface area contributed by atoms with Crippen LogP contribution in [0.3, 0.4) is 0 Å². The van der Waals surface area contributed by atoms with Crippen molar-refractivity contribution in [2.24, 2.45) is 0 Å². The lowest BCUT2D eigenvalue weighted by Crippen LogP contribution is -2.29. The van der Waals surface area contributed by atoms with Crippen molar-refractivity contribution in [2.45, 2.75) is 51.2 Å². The van der Waals surface area contributed by atoms with Crippen molar-refractivity contribution < 1.29 is 33.0 Å². The number of cyclic esters (lactones) is 1. The predicted octanol–water partition coefficient (Wildman–Crippen LogP) is 4.55. The van der Waals surface area contributed by atoms with Crippen LogP contribution in [0.1, 0.15) is 53.7 Å². The molecule has 1 aromatic carbocycles. The highest BCUT2D eigenvalue weighted by Gasteiger charge is 2.38. The SMILES string of the molecule is CCOC(=O)CC/C(C)=C/Cc1c(NC(=O)C(F)(Cl)Cl)c2c(c(C)c1OC)COC2=O. The first-order valence-corrected chi connectivity index (χ1v) is 10.4. The van der Waals surface area contributed by atoms with Gasteiger partial charge in [0.2, 0.25) is 0 Å². The summed E-state index contributed by atoms with van der Waals surface area (Å²) in [7, 11) is 1.45. The summed E-state index contributed by atoms with van der Waals surface area (Å²) in [6.07, 6.45) is 2.72. The van der Waals surface area contributed by atoms with Gasteiger partial charge in [-0.05, 0) is 39.2 Å². The number of methoxy groups -OCH3 is 1. The second-order valence-corrected chi connectivity index (χ2v) is 8.19. The van der Waals surface area contributed by atoms with E-state index in [1.165, 1.54) is 7.11 Å². The van der Waals surface area contributed by atoms with Gasteiger partial charge in [-0.15, -0.1) is 0 Å². The third kappa shape index (κ3) is 5.89. The second-order valence-electron chi connectivity index (χ2n) is 6.95. The number of benzene rings is 1. The third-order valence-electron chi connectivity index (χ3n) is 4.86. The van der Waals surface area contributed by atoms with Crippen molar-refractivity contribution in [3.05, 3.63) is 33.9 Å². The molecule has 0 bridgehead atoms. The number of alkyl halides is 3. The molecule has 1 N–H and O–H groups in total. The third-order valence-corrected chi connectivity index (χ3v) is 5.20. The minimum absolute atomic E-state index is 0.00354. The van der Waals surface area contributed by atoms with Gasteiger partial charge in [-0.2, -0.15) is 4.39 Å². The number of fused-ring (bicyclic) bond motifs is 1. The summed E-state index contributed by atoms with van der Waals surface area (Å²) in [5, 5.41) is 2.31. The van der Waals surface area contributed by atoms with Crippen molar-refractivity contribution >= 4 is 46.7 Å². The Labute approximate surface area is 189 Å². The van der Waals surface area contributed by atoms with Crippen molar-refractivity contribution in [2.75, 3.05) is 19.0 Å². The molecule has 0 aromatic heterocycles. The summed E-state index contributed by atoms with van der Waals surface area (Å²) in [4.78, 5) is 36.1. The topological polar surface area (TPSA) is 90.9 Å². The van der Waals surface area contributed by atoms with Crippen LogP contribution in [0, 0.1) is 6.92 Å². The van der Waals surface area contributed by atoms with Crippen molar-refractivity contribution in [1.29, 1.82) is 0 Å². The standard InChI is InChI=1S/C21H24Cl2FNO6/c1-5-30-15(26)9-7-11(2)6-8-13-17(25-20(28)21(22,23)24)16-14(10-31-19(16)27)12(3)18(13)29-4/h6H,5,7-10H2,1-4H3,(H,25,28)/b11-6+. The summed E-state index contributed by atoms with van der Waals surface area (Å²) in [6, 6.07) is 0. The van der Waals surface area contributed by atoms with Crippen LogP contribution in [-0.2, 0) is 32.1 Å². The molecule has 1 aliphatic heterocycles. The molecule has 0 saturated heterocycles. The van der Waals surface area contributed by atoms with Gasteiger partial charge in [-0.25, -0.2) is 4.79 Å². The van der Waals surface area contributed by atoms with Gasteiger partial charge in [0, 0.05) is 17.5 Å². The lowest BCUT2D eigenvalue weighted by molar-refractivity contribution is -0.143. The van der Waals surface area contributed by atoms with Crippen LogP contribution in [-0.4, -0.2) is 36.1 Å². The number of allylic oxidation sites excluding steroid dienone is 2. The Balaban J connectivity index is 2.47. The average molecular weight is 476 g/mol. The van der Waals surface area contributed by atoms with E-state index >= 15 is 0 Å². The number of nitrogens with one attached hydrogen (secondary N) is 1. The van der Waals surface area contributed by atoms with E-state index in [9.17, 15) is 18.8 Å². The fraction of sp³-hybridized carbons (Fsp3) is 0.476. The first-order valence-electron chi connectivity index (χ1n) is 9.60. The monoisotopic (exact) mass is 475 g/mol. The van der Waals surface area contributed by atoms with Gasteiger partial charge in [0.05, 0.1) is 25.0 Å². The maximum Gasteiger partial charge on any atom is 0.341 e. The number of hydrogen-bond acceptors (Lipinski definition) is 6. The summed E-state index contributed by atoms with van der Waals surface area (Å²) >= 11 is 10.6. The molecule has 7 nitrogen and oxygen atoms in total. The molecular formula is C21H24Cl2FNO6. The largest absolute Gasteiger partial charge is 0.496 e. The molecule has 2 rings (SSSR count). The van der Waals surface area contributed by atoms with E-state index in [0.717, 1.165) is 5.57 Å². The molecule has 170 valence electrons. The summed E-state index contributed by atoms with van der Waals surface area (Å²) < 4.78 is 26.1. The number of carbonyl (C=O) groups excluding carboxylic acids is 3. The molecule has 0 unspecified atom stereocenters. The molecule has 0 aliphatic carbocycles. The van der Waals surface area contributed by atoms with E-state index in [1.807, 2.05) is 13.0 Å². The zero-order valence-electron chi connectivity index (χ0n) is 17.7. The fourth-order valence-corrected chi connectivity index (χ4v) is 3.38. The lowest BCUT2D eigenvalue weighted by Gasteiger charge is -2.20. The van der Waals surface area contributed by atoms with Crippen molar-refractivity contribution in [1.82, 2.24) is 0 Å². The van der Waals surface area contributed by atoms with Gasteiger partial charge in [-0.3, -0.25) is 9.59 Å². The molecule has 1 aliphatic rings. The second kappa shape index (κ2) is 10.3. The van der Waals surface area contributed by atoms with Gasteiger partial charge in [0.25, 0.3) is 5.91 Å². The minimum Gasteiger partial charge on any atom is -0.496 e. The molecular weight excluding hydrogens is 452 g/mol. The molecule has 1 amide bonds. The number of ether oxygens (including phenoxy) is 3. The first-order chi connectivity index (χ1) is 14.5. The van der Waals surface area contributed by atoms with Crippen LogP contribution in [0.2, 0.25) is 0 Å². The number of hydrogen-bond donors (Lipinski definition) is 1. The number of halogens is 3. The number of amides is 1. The number of esters is 2. The maximum atomic E-state index is 13.8. The van der Waals surface area contributed by atoms with Crippen LogP contribution >= 0.6 is 23.2 Å². The highest BCUT2D eigenvalue weighted by atomic mass is 35.5. The quantitative estimate of drug-likeness (QED) is 0.320. The maximum absolute atomic E-state index is 13.8. The first kappa shape index (κ1) is 24.9. The summed E-state index contributed by atoms with van der Waals surface area (Å²) in [5.41, 5.74) is 2.64. The van der Waals surface area contributed by atoms with Gasteiger partial charge in [0.15, 0.2) is 0 Å². The van der Waals surface area contributed by atoms with Crippen LogP contribution in [0.25, 0.3) is 0 Å². The molecule has 0 radical (unpaired) electrons. The Morgan fingerprint density at radius 3 is 2.58 bits per heavy atom. The van der Waals surface area contributed by atoms with Crippen LogP contribution < -0.4 is 10.1 Å². The number of carbonyl (C=O) groups is 3. The molecule has 0 saturated carbocycles. The molecule has 10 heteroatoms. The van der Waals surface area contributed by atoms with Gasteiger partial charge in [-0.1, -0.05) is 34.9 Å². The molecule has 0 spiro atoms. The Kier molecular flexibility index (Phi) is 8.31. The molecule has 31 heavy (non-hydrogen) atoms. The summed E-state index contributed by atoms with van der Waals surface area (Å²) in [6.45, 7) is 5.63. The fourth-order valence-electron chi connectivity index (χ4n) is 3.29. The van der Waals surface area contributed by atoms with Gasteiger partial charge >= 0.3 is 16.5 Å². The average Bonchev–Trinajstić information content (AvgIpc) is 3.08. The van der Waals surface area contributed by atoms with E-state index in [0.29, 0.717) is 35.5 Å². The van der Waals surface area contributed by atoms with Crippen molar-refractivity contribution in [3.8, 4) is 5.75 Å². The van der Waals surface area contributed by atoms with Crippen molar-refractivity contribution in [3.63, 3.8) is 0 Å². The Morgan fingerprint density at radius 2 is 2.00 bits per heavy atom. The molecule has 1 aromatic rings. The van der Waals surface area contributed by atoms with E-state index in [1.54, 1.807) is 13.8 Å². The highest BCUT2D eigenvalue weighted by molar-refractivity contribution is 6.57. The zero-order valence-corrected chi connectivity index (χ0v) is 19.2. The van der Waals surface area contributed by atoms with E-state index in [2.05, 4.69) is 5.32 Å². The van der Waals surface area contributed by atoms with Gasteiger partial charge in [0.1, 0.15) is 12.4 Å². The number of anilines is 1. The van der Waals surface area contributed by atoms with Crippen LogP contribution in [0.4, 0.5) is 10.1 Å². The van der Waals surface area contributed by atoms with E-state index in [4.69, 9.17) is 37.4 Å². The molecule has 1 heterocycles. The zero-order chi connectivity index (χ0) is 23.3. The summed E-state index contributed by atoms with van der Waals surface area (Å²) in [5.74, 6) is -1.89. The molecule has 0 fully saturated rings. The van der Waals surface area contributed by atoms with Crippen LogP contribution in [0.5, 0.6) is 5.75 Å². The Bertz CT molecular complexity index is 924. The smallest absolute Gasteiger partial charge is 0.341 e. The molecule has 0 atom stereocenters. The normalized spacial score (nSPS) is 13.5. The number of rotatable bonds is 9. The Hall–Kier alpha value is -2.32.